The van der Waals surface area contributed by atoms with Gasteiger partial charge >= 0.3 is 0 Å². The van der Waals surface area contributed by atoms with E-state index in [0.717, 1.165) is 21.0 Å². The van der Waals surface area contributed by atoms with Crippen molar-refractivity contribution in [2.24, 2.45) is 0 Å². The molecule has 8 heteroatoms. The van der Waals surface area contributed by atoms with Crippen molar-refractivity contribution in [2.75, 3.05) is 18.0 Å². The summed E-state index contributed by atoms with van der Waals surface area (Å²) < 4.78 is 33.1. The normalized spacial score (nSPS) is 12.2. The van der Waals surface area contributed by atoms with Gasteiger partial charge in [0.25, 0.3) is 10.0 Å². The van der Waals surface area contributed by atoms with E-state index in [0.29, 0.717) is 5.75 Å². The fourth-order valence-electron chi connectivity index (χ4n) is 3.65. The van der Waals surface area contributed by atoms with Gasteiger partial charge < -0.3 is 10.1 Å². The van der Waals surface area contributed by atoms with Crippen molar-refractivity contribution in [1.29, 1.82) is 0 Å². The number of halogens is 1. The van der Waals surface area contributed by atoms with Crippen molar-refractivity contribution in [3.05, 3.63) is 88.4 Å². The summed E-state index contributed by atoms with van der Waals surface area (Å²) in [5.41, 5.74) is 3.42. The number of sulfonamides is 1. The average molecular weight is 487 g/mol. The minimum atomic E-state index is -4.03. The average Bonchev–Trinajstić information content (AvgIpc) is 2.77. The molecule has 0 radical (unpaired) electrons. The predicted octanol–water partition coefficient (Wildman–Crippen LogP) is 5.04. The number of rotatable bonds is 8. The Balaban J connectivity index is 1.92. The monoisotopic (exact) mass is 486 g/mol. The minimum absolute atomic E-state index is 0.0761. The molecule has 0 bridgehead atoms. The molecule has 0 saturated heterocycles. The van der Waals surface area contributed by atoms with Crippen LogP contribution < -0.4 is 14.4 Å². The van der Waals surface area contributed by atoms with Gasteiger partial charge in [-0.3, -0.25) is 9.10 Å². The van der Waals surface area contributed by atoms with Gasteiger partial charge in [0.05, 0.1) is 28.8 Å². The maximum atomic E-state index is 13.5. The second kappa shape index (κ2) is 10.3. The van der Waals surface area contributed by atoms with Crippen LogP contribution in [0.25, 0.3) is 0 Å². The van der Waals surface area contributed by atoms with Crippen LogP contribution in [0.4, 0.5) is 5.69 Å². The smallest absolute Gasteiger partial charge is 0.264 e. The van der Waals surface area contributed by atoms with Gasteiger partial charge in [-0.2, -0.15) is 0 Å². The van der Waals surface area contributed by atoms with Crippen LogP contribution in [0, 0.1) is 13.8 Å². The molecule has 6 nitrogen and oxygen atoms in total. The van der Waals surface area contributed by atoms with E-state index in [1.165, 1.54) is 25.3 Å². The van der Waals surface area contributed by atoms with Crippen molar-refractivity contribution >= 4 is 33.2 Å². The van der Waals surface area contributed by atoms with Crippen LogP contribution in [0.15, 0.2) is 71.6 Å². The lowest BCUT2D eigenvalue weighted by molar-refractivity contribution is -0.120. The van der Waals surface area contributed by atoms with Crippen LogP contribution >= 0.6 is 11.6 Å². The third-order valence-electron chi connectivity index (χ3n) is 5.31. The van der Waals surface area contributed by atoms with E-state index in [9.17, 15) is 13.2 Å². The summed E-state index contributed by atoms with van der Waals surface area (Å²) in [4.78, 5) is 13.1. The molecule has 1 N–H and O–H groups in total. The molecule has 3 aromatic carbocycles. The molecule has 0 fully saturated rings. The largest absolute Gasteiger partial charge is 0.495 e. The van der Waals surface area contributed by atoms with Gasteiger partial charge in [-0.05, 0) is 62.2 Å². The minimum Gasteiger partial charge on any atom is -0.495 e. The summed E-state index contributed by atoms with van der Waals surface area (Å²) in [6, 6.07) is 18.3. The summed E-state index contributed by atoms with van der Waals surface area (Å²) in [7, 11) is -2.55. The molecule has 0 unspecified atom stereocenters. The number of carbonyl (C=O) groups is 1. The van der Waals surface area contributed by atoms with Crippen LogP contribution in [0.1, 0.15) is 29.7 Å². The van der Waals surface area contributed by atoms with Crippen LogP contribution in [-0.4, -0.2) is 28.0 Å². The predicted molar refractivity (Wildman–Crippen MR) is 131 cm³/mol. The molecule has 3 rings (SSSR count). The van der Waals surface area contributed by atoms with Crippen molar-refractivity contribution in [3.63, 3.8) is 0 Å². The Bertz CT molecular complexity index is 1250. The number of hydrogen-bond donors (Lipinski definition) is 1. The SMILES string of the molecule is COc1ccc(N(CC(=O)N[C@@H](C)c2ccc(C)cc2C)S(=O)(=O)c2ccccc2)cc1Cl. The highest BCUT2D eigenvalue weighted by Gasteiger charge is 2.28. The molecule has 3 aromatic rings. The molecule has 33 heavy (non-hydrogen) atoms. The number of carbonyl (C=O) groups excluding carboxylic acids is 1. The van der Waals surface area contributed by atoms with Crippen LogP contribution in [0.5, 0.6) is 5.75 Å². The molecule has 0 aromatic heterocycles. The number of amides is 1. The van der Waals surface area contributed by atoms with E-state index in [1.807, 2.05) is 39.0 Å². The summed E-state index contributed by atoms with van der Waals surface area (Å²) in [6.45, 7) is 5.45. The van der Waals surface area contributed by atoms with E-state index in [2.05, 4.69) is 5.32 Å². The second-order valence-corrected chi connectivity index (χ2v) is 10.1. The third kappa shape index (κ3) is 5.67. The highest BCUT2D eigenvalue weighted by Crippen LogP contribution is 2.32. The van der Waals surface area contributed by atoms with Crippen molar-refractivity contribution in [1.82, 2.24) is 5.32 Å². The van der Waals surface area contributed by atoms with E-state index < -0.39 is 22.5 Å². The van der Waals surface area contributed by atoms with Crippen molar-refractivity contribution in [2.45, 2.75) is 31.7 Å². The summed E-state index contributed by atoms with van der Waals surface area (Å²) in [6.07, 6.45) is 0. The maximum absolute atomic E-state index is 13.5. The zero-order chi connectivity index (χ0) is 24.2. The van der Waals surface area contributed by atoms with Gasteiger partial charge in [0, 0.05) is 0 Å². The first-order chi connectivity index (χ1) is 15.6. The Kier molecular flexibility index (Phi) is 7.66. The zero-order valence-corrected chi connectivity index (χ0v) is 20.6. The Morgan fingerprint density at radius 3 is 2.36 bits per heavy atom. The number of ether oxygens (including phenoxy) is 1. The Hall–Kier alpha value is -3.03. The Labute approximate surface area is 200 Å². The van der Waals surface area contributed by atoms with Gasteiger partial charge in [-0.15, -0.1) is 0 Å². The molecule has 0 spiro atoms. The molecule has 1 atom stereocenters. The summed E-state index contributed by atoms with van der Waals surface area (Å²) >= 11 is 6.25. The van der Waals surface area contributed by atoms with Gasteiger partial charge in [0.1, 0.15) is 12.3 Å². The standard InChI is InChI=1S/C25H27ClN2O4S/c1-17-10-12-22(18(2)14-17)19(3)27-25(29)16-28(20-11-13-24(32-4)23(26)15-20)33(30,31)21-8-6-5-7-9-21/h5-15,19H,16H2,1-4H3,(H,27,29)/t19-/m0/s1. The van der Waals surface area contributed by atoms with E-state index in [-0.39, 0.29) is 21.6 Å². The number of benzene rings is 3. The molecule has 174 valence electrons. The van der Waals surface area contributed by atoms with Gasteiger partial charge in [-0.25, -0.2) is 8.42 Å². The van der Waals surface area contributed by atoms with Gasteiger partial charge in [-0.1, -0.05) is 53.6 Å². The second-order valence-electron chi connectivity index (χ2n) is 7.79. The van der Waals surface area contributed by atoms with Crippen LogP contribution in [0.3, 0.4) is 0 Å². The highest BCUT2D eigenvalue weighted by atomic mass is 35.5. The van der Waals surface area contributed by atoms with E-state index in [1.54, 1.807) is 30.3 Å². The Morgan fingerprint density at radius 2 is 1.76 bits per heavy atom. The van der Waals surface area contributed by atoms with Crippen LogP contribution in [-0.2, 0) is 14.8 Å². The lowest BCUT2D eigenvalue weighted by Crippen LogP contribution is -2.41. The first-order valence-electron chi connectivity index (χ1n) is 10.4. The molecule has 0 aliphatic rings. The quantitative estimate of drug-likeness (QED) is 0.484. The van der Waals surface area contributed by atoms with Crippen molar-refractivity contribution < 1.29 is 17.9 Å². The van der Waals surface area contributed by atoms with Gasteiger partial charge in [0.15, 0.2) is 0 Å². The zero-order valence-electron chi connectivity index (χ0n) is 19.0. The molecule has 0 aliphatic carbocycles. The van der Waals surface area contributed by atoms with Crippen molar-refractivity contribution in [3.8, 4) is 5.75 Å². The van der Waals surface area contributed by atoms with E-state index in [4.69, 9.17) is 16.3 Å². The molecule has 0 heterocycles. The van der Waals surface area contributed by atoms with E-state index >= 15 is 0 Å². The summed E-state index contributed by atoms with van der Waals surface area (Å²) in [5, 5.41) is 3.16. The topological polar surface area (TPSA) is 75.7 Å². The number of methoxy groups -OCH3 is 1. The summed E-state index contributed by atoms with van der Waals surface area (Å²) in [5.74, 6) is -0.0284. The lowest BCUT2D eigenvalue weighted by Gasteiger charge is -2.26. The number of aryl methyl sites for hydroxylation is 2. The third-order valence-corrected chi connectivity index (χ3v) is 7.39. The first kappa shape index (κ1) is 24.6. The molecule has 1 amide bonds. The fourth-order valence-corrected chi connectivity index (χ4v) is 5.34. The molecular weight excluding hydrogens is 460 g/mol. The number of anilines is 1. The molecular formula is C25H27ClN2O4S. The number of hydrogen-bond acceptors (Lipinski definition) is 4. The number of nitrogens with one attached hydrogen (secondary N) is 1. The highest BCUT2D eigenvalue weighted by molar-refractivity contribution is 7.92. The van der Waals surface area contributed by atoms with Crippen LogP contribution in [0.2, 0.25) is 5.02 Å². The molecule has 0 saturated carbocycles. The Morgan fingerprint density at radius 1 is 1.06 bits per heavy atom. The first-order valence-corrected chi connectivity index (χ1v) is 12.2. The molecule has 0 aliphatic heterocycles. The van der Waals surface area contributed by atoms with Gasteiger partial charge in [0.2, 0.25) is 5.91 Å². The number of nitrogens with zero attached hydrogens (tertiary/aromatic N) is 1. The maximum Gasteiger partial charge on any atom is 0.264 e. The fraction of sp³-hybridized carbons (Fsp3) is 0.240. The lowest BCUT2D eigenvalue weighted by atomic mass is 10.0.